The van der Waals surface area contributed by atoms with Gasteiger partial charge in [-0.3, -0.25) is 4.99 Å². The first kappa shape index (κ1) is 17.9. The van der Waals surface area contributed by atoms with Gasteiger partial charge in [-0.1, -0.05) is 0 Å². The Kier molecular flexibility index (Phi) is 7.27. The molecule has 0 heterocycles. The van der Waals surface area contributed by atoms with Crippen molar-refractivity contribution in [2.75, 3.05) is 20.7 Å². The maximum Gasteiger partial charge on any atom is 0.387 e. The van der Waals surface area contributed by atoms with Gasteiger partial charge in [0.15, 0.2) is 5.96 Å². The van der Waals surface area contributed by atoms with E-state index in [9.17, 15) is 17.6 Å². The fourth-order valence-electron chi connectivity index (χ4n) is 1.61. The molecular weight excluding hydrogens is 306 g/mol. The van der Waals surface area contributed by atoms with Crippen LogP contribution in [0.25, 0.3) is 0 Å². The second kappa shape index (κ2) is 8.96. The van der Waals surface area contributed by atoms with Crippen LogP contribution in [0.5, 0.6) is 11.5 Å². The minimum atomic E-state index is -2.97. The highest BCUT2D eigenvalue weighted by Crippen LogP contribution is 2.25. The van der Waals surface area contributed by atoms with E-state index in [1.807, 2.05) is 0 Å². The van der Waals surface area contributed by atoms with Crippen LogP contribution >= 0.6 is 0 Å². The summed E-state index contributed by atoms with van der Waals surface area (Å²) >= 11 is 0. The number of nitrogens with zero attached hydrogens (tertiary/aromatic N) is 1. The lowest BCUT2D eigenvalue weighted by Crippen LogP contribution is -2.39. The number of methoxy groups -OCH3 is 1. The summed E-state index contributed by atoms with van der Waals surface area (Å²) in [6.45, 7) is -3.50. The lowest BCUT2D eigenvalue weighted by atomic mass is 10.2. The second-order valence-electron chi connectivity index (χ2n) is 4.05. The number of guanidine groups is 1. The quantitative estimate of drug-likeness (QED) is 0.459. The summed E-state index contributed by atoms with van der Waals surface area (Å²) in [5.41, 5.74) is 0.375. The molecule has 0 aliphatic carbocycles. The van der Waals surface area contributed by atoms with Crippen LogP contribution in [0.15, 0.2) is 23.2 Å². The fraction of sp³-hybridized carbons (Fsp3) is 0.462. The predicted molar refractivity (Wildman–Crippen MR) is 73.8 cm³/mol. The highest BCUT2D eigenvalue weighted by atomic mass is 19.3. The van der Waals surface area contributed by atoms with Gasteiger partial charge in [-0.25, -0.2) is 8.78 Å². The van der Waals surface area contributed by atoms with Gasteiger partial charge in [-0.2, -0.15) is 8.78 Å². The fourth-order valence-corrected chi connectivity index (χ4v) is 1.61. The average molecular weight is 323 g/mol. The number of halogens is 4. The summed E-state index contributed by atoms with van der Waals surface area (Å²) in [7, 11) is 2.84. The third kappa shape index (κ3) is 6.06. The highest BCUT2D eigenvalue weighted by Gasteiger charge is 2.12. The summed E-state index contributed by atoms with van der Waals surface area (Å²) in [4.78, 5) is 3.75. The van der Waals surface area contributed by atoms with Crippen LogP contribution in [-0.2, 0) is 6.54 Å². The number of benzene rings is 1. The third-order valence-electron chi connectivity index (χ3n) is 2.58. The van der Waals surface area contributed by atoms with E-state index >= 15 is 0 Å². The number of ether oxygens (including phenoxy) is 2. The zero-order valence-electron chi connectivity index (χ0n) is 12.1. The molecule has 0 saturated carbocycles. The van der Waals surface area contributed by atoms with E-state index in [4.69, 9.17) is 4.74 Å². The molecule has 22 heavy (non-hydrogen) atoms. The van der Waals surface area contributed by atoms with Crippen LogP contribution in [0.1, 0.15) is 5.56 Å². The Balaban J connectivity index is 2.76. The van der Waals surface area contributed by atoms with Crippen molar-refractivity contribution in [2.45, 2.75) is 19.6 Å². The van der Waals surface area contributed by atoms with Crippen LogP contribution in [0, 0.1) is 0 Å². The van der Waals surface area contributed by atoms with E-state index < -0.39 is 19.6 Å². The maximum absolute atomic E-state index is 12.4. The molecule has 1 aromatic carbocycles. The average Bonchev–Trinajstić information content (AvgIpc) is 2.48. The third-order valence-corrected chi connectivity index (χ3v) is 2.58. The van der Waals surface area contributed by atoms with Crippen molar-refractivity contribution >= 4 is 5.96 Å². The first-order chi connectivity index (χ1) is 10.5. The van der Waals surface area contributed by atoms with Crippen molar-refractivity contribution in [3.63, 3.8) is 0 Å². The van der Waals surface area contributed by atoms with Crippen molar-refractivity contribution in [3.8, 4) is 11.5 Å². The van der Waals surface area contributed by atoms with Gasteiger partial charge >= 0.3 is 6.61 Å². The van der Waals surface area contributed by atoms with E-state index in [-0.39, 0.29) is 18.3 Å². The molecule has 2 N–H and O–H groups in total. The first-order valence-electron chi connectivity index (χ1n) is 6.30. The van der Waals surface area contributed by atoms with Crippen LogP contribution in [0.4, 0.5) is 17.6 Å². The minimum absolute atomic E-state index is 0.0346. The highest BCUT2D eigenvalue weighted by molar-refractivity contribution is 5.79. The topological polar surface area (TPSA) is 54.9 Å². The minimum Gasteiger partial charge on any atom is -0.497 e. The molecule has 5 nitrogen and oxygen atoms in total. The van der Waals surface area contributed by atoms with Crippen molar-refractivity contribution < 1.29 is 27.0 Å². The summed E-state index contributed by atoms with van der Waals surface area (Å²) in [6.07, 6.45) is -2.53. The molecule has 0 saturated heterocycles. The molecular formula is C13H17F4N3O2. The molecule has 0 atom stereocenters. The van der Waals surface area contributed by atoms with Gasteiger partial charge in [0.1, 0.15) is 11.5 Å². The smallest absolute Gasteiger partial charge is 0.387 e. The van der Waals surface area contributed by atoms with Crippen molar-refractivity contribution in [3.05, 3.63) is 23.8 Å². The number of aliphatic imine (C=N–C) groups is 1. The Morgan fingerprint density at radius 2 is 1.95 bits per heavy atom. The normalized spacial score (nSPS) is 11.7. The number of rotatable bonds is 7. The van der Waals surface area contributed by atoms with Crippen molar-refractivity contribution in [1.82, 2.24) is 10.6 Å². The van der Waals surface area contributed by atoms with Gasteiger partial charge in [-0.05, 0) is 18.2 Å². The van der Waals surface area contributed by atoms with E-state index in [0.717, 1.165) is 0 Å². The van der Waals surface area contributed by atoms with Crippen LogP contribution in [-0.4, -0.2) is 39.7 Å². The lowest BCUT2D eigenvalue weighted by Gasteiger charge is -2.15. The van der Waals surface area contributed by atoms with E-state index in [1.165, 1.54) is 32.4 Å². The zero-order chi connectivity index (χ0) is 16.5. The Hall–Kier alpha value is -2.19. The molecule has 124 valence electrons. The van der Waals surface area contributed by atoms with Gasteiger partial charge in [-0.15, -0.1) is 0 Å². The Labute approximate surface area is 125 Å². The van der Waals surface area contributed by atoms with Gasteiger partial charge in [0.05, 0.1) is 13.7 Å². The maximum atomic E-state index is 12.4. The number of hydrogen-bond donors (Lipinski definition) is 2. The number of nitrogens with one attached hydrogen (secondary N) is 2. The van der Waals surface area contributed by atoms with E-state index in [0.29, 0.717) is 11.3 Å². The molecule has 0 radical (unpaired) electrons. The number of hydrogen-bond acceptors (Lipinski definition) is 3. The van der Waals surface area contributed by atoms with Gasteiger partial charge in [0.2, 0.25) is 0 Å². The van der Waals surface area contributed by atoms with Crippen LogP contribution in [0.3, 0.4) is 0 Å². The lowest BCUT2D eigenvalue weighted by molar-refractivity contribution is -0.0505. The molecule has 0 amide bonds. The molecule has 0 aromatic heterocycles. The summed E-state index contributed by atoms with van der Waals surface area (Å²) in [5.74, 6) is 0.535. The summed E-state index contributed by atoms with van der Waals surface area (Å²) in [5, 5.41) is 5.13. The molecule has 0 unspecified atom stereocenters. The standard InChI is InChI=1S/C13H17F4N3O2/c1-18-13(20-7-11(14)15)19-6-8-5-9(21-2)3-4-10(8)22-12(16)17/h3-5,11-12H,6-7H2,1-2H3,(H2,18,19,20). The monoisotopic (exact) mass is 323 g/mol. The molecule has 9 heteroatoms. The summed E-state index contributed by atoms with van der Waals surface area (Å²) < 4.78 is 58.4. The van der Waals surface area contributed by atoms with Crippen LogP contribution < -0.4 is 20.1 Å². The van der Waals surface area contributed by atoms with E-state index in [2.05, 4.69) is 20.4 Å². The van der Waals surface area contributed by atoms with Crippen LogP contribution in [0.2, 0.25) is 0 Å². The Morgan fingerprint density at radius 1 is 1.23 bits per heavy atom. The summed E-state index contributed by atoms with van der Waals surface area (Å²) in [6, 6.07) is 4.33. The largest absolute Gasteiger partial charge is 0.497 e. The van der Waals surface area contributed by atoms with Gasteiger partial charge < -0.3 is 20.1 Å². The molecule has 0 bridgehead atoms. The number of alkyl halides is 4. The molecule has 1 rings (SSSR count). The van der Waals surface area contributed by atoms with Crippen molar-refractivity contribution in [2.24, 2.45) is 4.99 Å². The molecule has 0 fully saturated rings. The zero-order valence-corrected chi connectivity index (χ0v) is 12.1. The Bertz CT molecular complexity index is 498. The molecule has 1 aromatic rings. The molecule has 0 aliphatic heterocycles. The molecule has 0 aliphatic rings. The SMILES string of the molecule is CN=C(NCc1cc(OC)ccc1OC(F)F)NCC(F)F. The Morgan fingerprint density at radius 3 is 2.50 bits per heavy atom. The van der Waals surface area contributed by atoms with Gasteiger partial charge in [0.25, 0.3) is 6.43 Å². The molecule has 0 spiro atoms. The van der Waals surface area contributed by atoms with Gasteiger partial charge in [0, 0.05) is 19.2 Å². The second-order valence-corrected chi connectivity index (χ2v) is 4.05. The first-order valence-corrected chi connectivity index (χ1v) is 6.30. The predicted octanol–water partition coefficient (Wildman–Crippen LogP) is 2.23. The van der Waals surface area contributed by atoms with Crippen molar-refractivity contribution in [1.29, 1.82) is 0 Å². The van der Waals surface area contributed by atoms with E-state index in [1.54, 1.807) is 0 Å².